The molecule has 0 saturated carbocycles. The normalized spacial score (nSPS) is 14.9. The molecule has 172 valence electrons. The van der Waals surface area contributed by atoms with E-state index >= 15 is 0 Å². The highest BCUT2D eigenvalue weighted by molar-refractivity contribution is 6.13. The van der Waals surface area contributed by atoms with Crippen molar-refractivity contribution < 1.29 is 0 Å². The molecule has 0 bridgehead atoms. The van der Waals surface area contributed by atoms with Crippen molar-refractivity contribution in [3.63, 3.8) is 0 Å². The van der Waals surface area contributed by atoms with E-state index < -0.39 is 6.17 Å². The van der Waals surface area contributed by atoms with Crippen molar-refractivity contribution in [3.8, 4) is 22.5 Å². The van der Waals surface area contributed by atoms with Crippen molar-refractivity contribution in [3.05, 3.63) is 150 Å². The Balaban J connectivity index is 1.50. The molecule has 4 heteroatoms. The van der Waals surface area contributed by atoms with Gasteiger partial charge in [-0.25, -0.2) is 9.97 Å². The third-order valence-corrected chi connectivity index (χ3v) is 6.12. The van der Waals surface area contributed by atoms with Gasteiger partial charge in [0.05, 0.1) is 17.1 Å². The molecule has 6 rings (SSSR count). The highest BCUT2D eigenvalue weighted by Crippen LogP contribution is 2.29. The topological polar surface area (TPSA) is 50.2 Å². The summed E-state index contributed by atoms with van der Waals surface area (Å²) in [6.45, 7) is 0. The lowest BCUT2D eigenvalue weighted by Gasteiger charge is -2.24. The molecule has 0 fully saturated rings. The number of allylic oxidation sites excluding steroid dienone is 1. The van der Waals surface area contributed by atoms with Crippen LogP contribution in [0.2, 0.25) is 0 Å². The molecule has 0 amide bonds. The SMILES string of the molecule is C1=C(c2ccccc2)NC(c2nc(-c3ccccc3)cc(-c3ccccc3)n2)N=C1c1ccccc1. The first-order valence-corrected chi connectivity index (χ1v) is 12.0. The first-order chi connectivity index (χ1) is 17.8. The van der Waals surface area contributed by atoms with Crippen molar-refractivity contribution in [2.75, 3.05) is 0 Å². The Bertz CT molecular complexity index is 1470. The molecule has 36 heavy (non-hydrogen) atoms. The Morgan fingerprint density at radius 1 is 0.500 bits per heavy atom. The van der Waals surface area contributed by atoms with E-state index in [2.05, 4.69) is 59.9 Å². The van der Waals surface area contributed by atoms with Crippen LogP contribution in [0.4, 0.5) is 0 Å². The second-order valence-corrected chi connectivity index (χ2v) is 8.58. The monoisotopic (exact) mass is 464 g/mol. The predicted octanol–water partition coefficient (Wildman–Crippen LogP) is 6.94. The summed E-state index contributed by atoms with van der Waals surface area (Å²) in [5.74, 6) is 0.630. The van der Waals surface area contributed by atoms with Crippen LogP contribution in [-0.4, -0.2) is 15.7 Å². The number of aromatic nitrogens is 2. The van der Waals surface area contributed by atoms with Gasteiger partial charge in [0.2, 0.25) is 0 Å². The summed E-state index contributed by atoms with van der Waals surface area (Å²) in [5.41, 5.74) is 7.85. The Labute approximate surface area is 210 Å². The lowest BCUT2D eigenvalue weighted by molar-refractivity contribution is 0.620. The van der Waals surface area contributed by atoms with Crippen molar-refractivity contribution in [1.82, 2.24) is 15.3 Å². The van der Waals surface area contributed by atoms with Gasteiger partial charge in [-0.05, 0) is 23.3 Å². The molecule has 2 heterocycles. The van der Waals surface area contributed by atoms with Gasteiger partial charge in [-0.2, -0.15) is 0 Å². The van der Waals surface area contributed by atoms with Gasteiger partial charge in [0, 0.05) is 16.8 Å². The van der Waals surface area contributed by atoms with Crippen LogP contribution in [0, 0.1) is 0 Å². The molecule has 4 nitrogen and oxygen atoms in total. The Morgan fingerprint density at radius 3 is 1.44 bits per heavy atom. The minimum atomic E-state index is -0.438. The van der Waals surface area contributed by atoms with E-state index in [0.29, 0.717) is 5.82 Å². The van der Waals surface area contributed by atoms with Crippen LogP contribution in [0.1, 0.15) is 23.1 Å². The van der Waals surface area contributed by atoms with Crippen LogP contribution < -0.4 is 5.32 Å². The maximum atomic E-state index is 5.07. The average Bonchev–Trinajstić information content (AvgIpc) is 2.98. The minimum absolute atomic E-state index is 0.438. The zero-order chi connectivity index (χ0) is 24.2. The standard InChI is InChI=1S/C32H24N4/c1-5-13-23(14-6-1)27-21-28(24-15-7-2-8-16-24)34-31(33-27)32-35-29(25-17-9-3-10-18-25)22-30(36-32)26-19-11-4-12-20-26/h1-22,31,33H. The number of benzene rings is 4. The molecule has 1 N–H and O–H groups in total. The molecule has 1 atom stereocenters. The van der Waals surface area contributed by atoms with Crippen LogP contribution in [0.3, 0.4) is 0 Å². The fourth-order valence-electron chi connectivity index (χ4n) is 4.31. The number of nitrogens with one attached hydrogen (secondary N) is 1. The quantitative estimate of drug-likeness (QED) is 0.306. The molecule has 4 aromatic carbocycles. The molecule has 0 saturated heterocycles. The fraction of sp³-hybridized carbons (Fsp3) is 0.0312. The Morgan fingerprint density at radius 2 is 0.944 bits per heavy atom. The largest absolute Gasteiger partial charge is 0.357 e. The molecule has 1 aliphatic rings. The van der Waals surface area contributed by atoms with Crippen LogP contribution in [0.15, 0.2) is 138 Å². The summed E-state index contributed by atoms with van der Waals surface area (Å²) < 4.78 is 0. The number of nitrogens with zero attached hydrogens (tertiary/aromatic N) is 3. The molecule has 1 aromatic heterocycles. The Kier molecular flexibility index (Phi) is 5.91. The van der Waals surface area contributed by atoms with E-state index in [0.717, 1.165) is 45.1 Å². The number of rotatable bonds is 5. The first kappa shape index (κ1) is 21.7. The molecule has 1 unspecified atom stereocenters. The van der Waals surface area contributed by atoms with Gasteiger partial charge in [-0.3, -0.25) is 4.99 Å². The van der Waals surface area contributed by atoms with E-state index in [9.17, 15) is 0 Å². The van der Waals surface area contributed by atoms with Gasteiger partial charge >= 0.3 is 0 Å². The highest BCUT2D eigenvalue weighted by atomic mass is 15.2. The summed E-state index contributed by atoms with van der Waals surface area (Å²) in [6.07, 6.45) is 1.66. The third-order valence-electron chi connectivity index (χ3n) is 6.12. The summed E-state index contributed by atoms with van der Waals surface area (Å²) in [5, 5.41) is 3.59. The zero-order valence-corrected chi connectivity index (χ0v) is 19.6. The minimum Gasteiger partial charge on any atom is -0.357 e. The fourth-order valence-corrected chi connectivity index (χ4v) is 4.31. The van der Waals surface area contributed by atoms with E-state index in [1.54, 1.807) is 0 Å². The summed E-state index contributed by atoms with van der Waals surface area (Å²) >= 11 is 0. The molecule has 0 aliphatic carbocycles. The second-order valence-electron chi connectivity index (χ2n) is 8.58. The van der Waals surface area contributed by atoms with Gasteiger partial charge in [0.15, 0.2) is 12.0 Å². The zero-order valence-electron chi connectivity index (χ0n) is 19.6. The third kappa shape index (κ3) is 4.57. The Hall–Kier alpha value is -4.83. The lowest BCUT2D eigenvalue weighted by Crippen LogP contribution is -2.26. The number of hydrogen-bond acceptors (Lipinski definition) is 4. The number of hydrogen-bond donors (Lipinski definition) is 1. The van der Waals surface area contributed by atoms with E-state index in [4.69, 9.17) is 15.0 Å². The van der Waals surface area contributed by atoms with Gasteiger partial charge in [-0.1, -0.05) is 121 Å². The van der Waals surface area contributed by atoms with E-state index in [-0.39, 0.29) is 0 Å². The molecule has 5 aromatic rings. The van der Waals surface area contributed by atoms with Crippen molar-refractivity contribution in [1.29, 1.82) is 0 Å². The summed E-state index contributed by atoms with van der Waals surface area (Å²) in [4.78, 5) is 15.1. The van der Waals surface area contributed by atoms with Crippen molar-refractivity contribution in [2.24, 2.45) is 4.99 Å². The average molecular weight is 465 g/mol. The smallest absolute Gasteiger partial charge is 0.180 e. The second kappa shape index (κ2) is 9.80. The van der Waals surface area contributed by atoms with Gasteiger partial charge in [-0.15, -0.1) is 0 Å². The van der Waals surface area contributed by atoms with Crippen LogP contribution in [0.25, 0.3) is 28.2 Å². The maximum absolute atomic E-state index is 5.07. The van der Waals surface area contributed by atoms with Crippen LogP contribution in [0.5, 0.6) is 0 Å². The number of aliphatic imine (C=N–C) groups is 1. The van der Waals surface area contributed by atoms with Crippen molar-refractivity contribution >= 4 is 11.4 Å². The van der Waals surface area contributed by atoms with Crippen LogP contribution in [-0.2, 0) is 0 Å². The first-order valence-electron chi connectivity index (χ1n) is 12.0. The maximum Gasteiger partial charge on any atom is 0.180 e. The summed E-state index contributed by atoms with van der Waals surface area (Å²) in [7, 11) is 0. The predicted molar refractivity (Wildman–Crippen MR) is 146 cm³/mol. The highest BCUT2D eigenvalue weighted by Gasteiger charge is 2.23. The summed E-state index contributed by atoms with van der Waals surface area (Å²) in [6, 6.07) is 43.0. The van der Waals surface area contributed by atoms with E-state index in [1.165, 1.54) is 0 Å². The van der Waals surface area contributed by atoms with Crippen molar-refractivity contribution in [2.45, 2.75) is 6.17 Å². The van der Waals surface area contributed by atoms with Crippen LogP contribution >= 0.6 is 0 Å². The molecular weight excluding hydrogens is 440 g/mol. The molecule has 0 spiro atoms. The lowest BCUT2D eigenvalue weighted by atomic mass is 10.0. The molecule has 0 radical (unpaired) electrons. The van der Waals surface area contributed by atoms with Gasteiger partial charge < -0.3 is 5.32 Å². The van der Waals surface area contributed by atoms with E-state index in [1.807, 2.05) is 78.9 Å². The molecular formula is C32H24N4. The van der Waals surface area contributed by atoms with Gasteiger partial charge in [0.25, 0.3) is 0 Å². The van der Waals surface area contributed by atoms with Gasteiger partial charge in [0.1, 0.15) is 0 Å². The molecule has 1 aliphatic heterocycles.